The number of amides is 1. The van der Waals surface area contributed by atoms with E-state index in [1.807, 2.05) is 0 Å². The van der Waals surface area contributed by atoms with Crippen molar-refractivity contribution in [1.82, 2.24) is 5.32 Å². The second kappa shape index (κ2) is 9.33. The number of halogens is 1. The van der Waals surface area contributed by atoms with Gasteiger partial charge in [-0.15, -0.1) is 0 Å². The zero-order valence-electron chi connectivity index (χ0n) is 11.0. The summed E-state index contributed by atoms with van der Waals surface area (Å²) in [5.74, 6) is -0.159. The molecule has 0 heterocycles. The molecule has 0 bridgehead atoms. The smallest absolute Gasteiger partial charge is 0.220 e. The minimum atomic E-state index is -0.381. The first-order chi connectivity index (χ1) is 9.24. The van der Waals surface area contributed by atoms with Gasteiger partial charge in [-0.05, 0) is 37.9 Å². The van der Waals surface area contributed by atoms with Crippen molar-refractivity contribution in [2.75, 3.05) is 19.7 Å². The van der Waals surface area contributed by atoms with Crippen LogP contribution in [0, 0.1) is 5.82 Å². The van der Waals surface area contributed by atoms with E-state index in [2.05, 4.69) is 5.32 Å². The van der Waals surface area contributed by atoms with Crippen LogP contribution in [0.4, 0.5) is 4.39 Å². The number of ether oxygens (including phenoxy) is 1. The molecular formula is C14H21FN2O2. The number of hydrogen-bond donors (Lipinski definition) is 2. The molecule has 3 N–H and O–H groups in total. The van der Waals surface area contributed by atoms with E-state index in [1.54, 1.807) is 18.2 Å². The second-order valence-corrected chi connectivity index (χ2v) is 4.23. The third-order valence-electron chi connectivity index (χ3n) is 2.60. The Bertz CT molecular complexity index is 385. The van der Waals surface area contributed by atoms with Crippen LogP contribution in [0.25, 0.3) is 0 Å². The van der Waals surface area contributed by atoms with Gasteiger partial charge in [0, 0.05) is 13.0 Å². The number of nitrogens with one attached hydrogen (secondary N) is 1. The average Bonchev–Trinajstić information content (AvgIpc) is 2.41. The third kappa shape index (κ3) is 6.76. The maximum absolute atomic E-state index is 13.2. The van der Waals surface area contributed by atoms with Crippen molar-refractivity contribution in [1.29, 1.82) is 0 Å². The molecule has 5 heteroatoms. The Morgan fingerprint density at radius 1 is 1.26 bits per heavy atom. The van der Waals surface area contributed by atoms with Gasteiger partial charge in [-0.1, -0.05) is 12.1 Å². The fraction of sp³-hybridized carbons (Fsp3) is 0.500. The van der Waals surface area contributed by atoms with Gasteiger partial charge in [0.2, 0.25) is 5.91 Å². The number of unbranched alkanes of at least 4 members (excludes halogenated alkanes) is 1. The fourth-order valence-corrected chi connectivity index (χ4v) is 1.56. The topological polar surface area (TPSA) is 64.3 Å². The van der Waals surface area contributed by atoms with Crippen molar-refractivity contribution in [3.8, 4) is 5.75 Å². The number of para-hydroxylation sites is 1. The Kier molecular flexibility index (Phi) is 7.58. The molecule has 0 radical (unpaired) electrons. The molecule has 0 fully saturated rings. The SMILES string of the molecule is NCCCCNC(=O)CCCOc1ccccc1F. The van der Waals surface area contributed by atoms with Gasteiger partial charge in [0.05, 0.1) is 6.61 Å². The van der Waals surface area contributed by atoms with Gasteiger partial charge in [0.15, 0.2) is 11.6 Å². The van der Waals surface area contributed by atoms with Crippen molar-refractivity contribution in [3.05, 3.63) is 30.1 Å². The van der Waals surface area contributed by atoms with E-state index in [9.17, 15) is 9.18 Å². The average molecular weight is 268 g/mol. The minimum Gasteiger partial charge on any atom is -0.491 e. The molecule has 0 atom stereocenters. The van der Waals surface area contributed by atoms with Crippen LogP contribution in [0.3, 0.4) is 0 Å². The first-order valence-corrected chi connectivity index (χ1v) is 6.58. The summed E-state index contributed by atoms with van der Waals surface area (Å²) in [7, 11) is 0. The van der Waals surface area contributed by atoms with E-state index < -0.39 is 0 Å². The van der Waals surface area contributed by atoms with E-state index in [1.165, 1.54) is 6.07 Å². The highest BCUT2D eigenvalue weighted by atomic mass is 19.1. The molecule has 1 aromatic carbocycles. The van der Waals surface area contributed by atoms with Gasteiger partial charge in [-0.3, -0.25) is 4.79 Å². The Balaban J connectivity index is 2.07. The van der Waals surface area contributed by atoms with Crippen LogP contribution in [0.15, 0.2) is 24.3 Å². The Morgan fingerprint density at radius 3 is 2.79 bits per heavy atom. The predicted octanol–water partition coefficient (Wildman–Crippen LogP) is 1.84. The first-order valence-electron chi connectivity index (χ1n) is 6.58. The van der Waals surface area contributed by atoms with E-state index in [0.717, 1.165) is 12.8 Å². The second-order valence-electron chi connectivity index (χ2n) is 4.23. The van der Waals surface area contributed by atoms with Crippen LogP contribution in [-0.2, 0) is 4.79 Å². The summed E-state index contributed by atoms with van der Waals surface area (Å²) in [6, 6.07) is 6.24. The summed E-state index contributed by atoms with van der Waals surface area (Å²) in [6.07, 6.45) is 2.76. The third-order valence-corrected chi connectivity index (χ3v) is 2.60. The predicted molar refractivity (Wildman–Crippen MR) is 72.4 cm³/mol. The Hall–Kier alpha value is -1.62. The summed E-state index contributed by atoms with van der Waals surface area (Å²) in [6.45, 7) is 1.63. The van der Waals surface area contributed by atoms with Gasteiger partial charge in [0.1, 0.15) is 0 Å². The summed E-state index contributed by atoms with van der Waals surface area (Å²) < 4.78 is 18.5. The maximum Gasteiger partial charge on any atom is 0.220 e. The lowest BCUT2D eigenvalue weighted by atomic mass is 10.3. The molecule has 0 aromatic heterocycles. The lowest BCUT2D eigenvalue weighted by Gasteiger charge is -2.07. The highest BCUT2D eigenvalue weighted by Gasteiger charge is 2.03. The molecule has 106 valence electrons. The molecule has 1 amide bonds. The molecule has 0 aliphatic rings. The van der Waals surface area contributed by atoms with Crippen molar-refractivity contribution < 1.29 is 13.9 Å². The zero-order chi connectivity index (χ0) is 13.9. The Morgan fingerprint density at radius 2 is 2.05 bits per heavy atom. The van der Waals surface area contributed by atoms with E-state index in [4.69, 9.17) is 10.5 Å². The summed E-state index contributed by atoms with van der Waals surface area (Å²) >= 11 is 0. The normalized spacial score (nSPS) is 10.2. The van der Waals surface area contributed by atoms with Gasteiger partial charge < -0.3 is 15.8 Å². The molecule has 0 unspecified atom stereocenters. The molecule has 1 rings (SSSR count). The summed E-state index contributed by atoms with van der Waals surface area (Å²) in [5, 5.41) is 2.80. The lowest BCUT2D eigenvalue weighted by Crippen LogP contribution is -2.25. The Labute approximate surface area is 113 Å². The van der Waals surface area contributed by atoms with Gasteiger partial charge in [0.25, 0.3) is 0 Å². The first kappa shape index (κ1) is 15.4. The minimum absolute atomic E-state index is 0.00541. The molecule has 19 heavy (non-hydrogen) atoms. The van der Waals surface area contributed by atoms with Gasteiger partial charge in [-0.25, -0.2) is 4.39 Å². The van der Waals surface area contributed by atoms with Crippen molar-refractivity contribution in [2.45, 2.75) is 25.7 Å². The van der Waals surface area contributed by atoms with Crippen LogP contribution in [0.2, 0.25) is 0 Å². The van der Waals surface area contributed by atoms with Crippen LogP contribution in [-0.4, -0.2) is 25.6 Å². The van der Waals surface area contributed by atoms with Crippen LogP contribution >= 0.6 is 0 Å². The zero-order valence-corrected chi connectivity index (χ0v) is 11.0. The molecule has 0 saturated carbocycles. The van der Waals surface area contributed by atoms with Gasteiger partial charge >= 0.3 is 0 Å². The summed E-state index contributed by atoms with van der Waals surface area (Å²) in [5.41, 5.74) is 5.35. The number of hydrogen-bond acceptors (Lipinski definition) is 3. The fourth-order valence-electron chi connectivity index (χ4n) is 1.56. The number of carbonyl (C=O) groups is 1. The number of nitrogens with two attached hydrogens (primary N) is 1. The van der Waals surface area contributed by atoms with Crippen LogP contribution in [0.1, 0.15) is 25.7 Å². The standard InChI is InChI=1S/C14H21FN2O2/c15-12-6-1-2-7-13(12)19-11-5-8-14(18)17-10-4-3-9-16/h1-2,6-7H,3-5,8-11,16H2,(H,17,18). The largest absolute Gasteiger partial charge is 0.491 e. The highest BCUT2D eigenvalue weighted by molar-refractivity contribution is 5.75. The molecule has 0 spiro atoms. The number of rotatable bonds is 9. The van der Waals surface area contributed by atoms with Gasteiger partial charge in [-0.2, -0.15) is 0 Å². The monoisotopic (exact) mass is 268 g/mol. The van der Waals surface area contributed by atoms with Crippen LogP contribution in [0.5, 0.6) is 5.75 Å². The van der Waals surface area contributed by atoms with E-state index >= 15 is 0 Å². The molecule has 0 aliphatic heterocycles. The van der Waals surface area contributed by atoms with Crippen LogP contribution < -0.4 is 15.8 Å². The molecular weight excluding hydrogens is 247 g/mol. The quantitative estimate of drug-likeness (QED) is 0.672. The number of carbonyl (C=O) groups excluding carboxylic acids is 1. The molecule has 0 aliphatic carbocycles. The lowest BCUT2D eigenvalue weighted by molar-refractivity contribution is -0.121. The number of benzene rings is 1. The summed E-state index contributed by atoms with van der Waals surface area (Å²) in [4.78, 5) is 11.4. The molecule has 0 saturated heterocycles. The maximum atomic E-state index is 13.2. The van der Waals surface area contributed by atoms with Crippen molar-refractivity contribution in [2.24, 2.45) is 5.73 Å². The molecule has 4 nitrogen and oxygen atoms in total. The molecule has 1 aromatic rings. The van der Waals surface area contributed by atoms with E-state index in [0.29, 0.717) is 32.5 Å². The van der Waals surface area contributed by atoms with Crippen molar-refractivity contribution >= 4 is 5.91 Å². The van der Waals surface area contributed by atoms with Crippen molar-refractivity contribution in [3.63, 3.8) is 0 Å². The highest BCUT2D eigenvalue weighted by Crippen LogP contribution is 2.15. The van der Waals surface area contributed by atoms with E-state index in [-0.39, 0.29) is 17.5 Å².